The quantitative estimate of drug-likeness (QED) is 0.885. The van der Waals surface area contributed by atoms with E-state index in [-0.39, 0.29) is 0 Å². The summed E-state index contributed by atoms with van der Waals surface area (Å²) >= 11 is 0. The summed E-state index contributed by atoms with van der Waals surface area (Å²) in [4.78, 5) is 4.34. The van der Waals surface area contributed by atoms with Crippen molar-refractivity contribution in [2.75, 3.05) is 0 Å². The number of rotatable bonds is 4. The average molecular weight is 255 g/mol. The molecule has 0 amide bonds. The second-order valence-electron chi connectivity index (χ2n) is 5.41. The summed E-state index contributed by atoms with van der Waals surface area (Å²) in [6.07, 6.45) is 2.46. The molecule has 1 aromatic carbocycles. The molecule has 0 radical (unpaired) electrons. The van der Waals surface area contributed by atoms with Gasteiger partial charge in [-0.2, -0.15) is 0 Å². The molecule has 1 atom stereocenters. The van der Waals surface area contributed by atoms with Crippen LogP contribution in [0.2, 0.25) is 0 Å². The van der Waals surface area contributed by atoms with Crippen molar-refractivity contribution in [2.24, 2.45) is 0 Å². The van der Waals surface area contributed by atoms with Gasteiger partial charge in [-0.15, -0.1) is 0 Å². The highest BCUT2D eigenvalue weighted by atomic mass is 16.3. The minimum atomic E-state index is 0.297. The summed E-state index contributed by atoms with van der Waals surface area (Å²) < 4.78 is 0. The molecule has 1 unspecified atom stereocenters. The number of aromatic nitrogens is 1. The zero-order valence-corrected chi connectivity index (χ0v) is 11.8. The Bertz CT molecular complexity index is 534. The van der Waals surface area contributed by atoms with Crippen molar-refractivity contribution in [3.05, 3.63) is 59.4 Å². The fourth-order valence-corrected chi connectivity index (χ4v) is 2.30. The topological polar surface area (TPSA) is 33.1 Å². The molecule has 1 heterocycles. The Balaban J connectivity index is 2.18. The third-order valence-electron chi connectivity index (χ3n) is 3.48. The van der Waals surface area contributed by atoms with Gasteiger partial charge in [0.2, 0.25) is 0 Å². The van der Waals surface area contributed by atoms with E-state index in [1.807, 2.05) is 12.1 Å². The van der Waals surface area contributed by atoms with Crippen molar-refractivity contribution >= 4 is 0 Å². The van der Waals surface area contributed by atoms with Crippen LogP contribution in [0, 0.1) is 0 Å². The van der Waals surface area contributed by atoms with Gasteiger partial charge in [0, 0.05) is 5.69 Å². The fraction of sp³-hybridized carbons (Fsp3) is 0.353. The van der Waals surface area contributed by atoms with Crippen molar-refractivity contribution in [1.29, 1.82) is 0 Å². The molecule has 0 fully saturated rings. The molecule has 19 heavy (non-hydrogen) atoms. The van der Waals surface area contributed by atoms with E-state index in [2.05, 4.69) is 50.0 Å². The van der Waals surface area contributed by atoms with Crippen molar-refractivity contribution in [2.45, 2.75) is 39.0 Å². The molecule has 1 aromatic heterocycles. The number of nitrogens with zero attached hydrogens (tertiary/aromatic N) is 1. The summed E-state index contributed by atoms with van der Waals surface area (Å²) in [5, 5.41) is 9.79. The lowest BCUT2D eigenvalue weighted by Gasteiger charge is -2.14. The lowest BCUT2D eigenvalue weighted by Crippen LogP contribution is -2.02. The van der Waals surface area contributed by atoms with Crippen LogP contribution in [0.4, 0.5) is 0 Å². The van der Waals surface area contributed by atoms with Gasteiger partial charge in [-0.05, 0) is 35.4 Å². The molecule has 0 saturated heterocycles. The first-order valence-corrected chi connectivity index (χ1v) is 6.80. The summed E-state index contributed by atoms with van der Waals surface area (Å²) in [5.74, 6) is 1.04. The van der Waals surface area contributed by atoms with Gasteiger partial charge >= 0.3 is 0 Å². The Labute approximate surface area is 115 Å². The first-order chi connectivity index (χ1) is 9.08. The Morgan fingerprint density at radius 2 is 1.79 bits per heavy atom. The maximum Gasteiger partial charge on any atom is 0.137 e. The zero-order valence-electron chi connectivity index (χ0n) is 11.8. The van der Waals surface area contributed by atoms with E-state index in [1.54, 1.807) is 6.20 Å². The Morgan fingerprint density at radius 1 is 1.11 bits per heavy atom. The fourth-order valence-electron chi connectivity index (χ4n) is 2.30. The number of benzene rings is 1. The van der Waals surface area contributed by atoms with Crippen LogP contribution >= 0.6 is 0 Å². The summed E-state index contributed by atoms with van der Waals surface area (Å²) in [6, 6.07) is 12.5. The third-order valence-corrected chi connectivity index (χ3v) is 3.48. The Morgan fingerprint density at radius 3 is 2.42 bits per heavy atom. The minimum Gasteiger partial charge on any atom is -0.506 e. The van der Waals surface area contributed by atoms with Crippen LogP contribution in [0.25, 0.3) is 0 Å². The summed E-state index contributed by atoms with van der Waals surface area (Å²) in [6.45, 7) is 6.37. The van der Waals surface area contributed by atoms with E-state index in [4.69, 9.17) is 0 Å². The third kappa shape index (κ3) is 3.34. The molecule has 0 aliphatic carbocycles. The Kier molecular flexibility index (Phi) is 4.20. The van der Waals surface area contributed by atoms with E-state index in [1.165, 1.54) is 5.56 Å². The van der Waals surface area contributed by atoms with Crippen LogP contribution in [0.5, 0.6) is 5.75 Å². The van der Waals surface area contributed by atoms with Gasteiger partial charge in [0.1, 0.15) is 5.75 Å². The molecule has 2 nitrogen and oxygen atoms in total. The van der Waals surface area contributed by atoms with E-state index < -0.39 is 0 Å². The predicted molar refractivity (Wildman–Crippen MR) is 78.6 cm³/mol. The minimum absolute atomic E-state index is 0.297. The predicted octanol–water partition coefficient (Wildman–Crippen LogP) is 4.26. The van der Waals surface area contributed by atoms with Crippen LogP contribution < -0.4 is 0 Å². The smallest absolute Gasteiger partial charge is 0.137 e. The van der Waals surface area contributed by atoms with Gasteiger partial charge in [0.25, 0.3) is 0 Å². The van der Waals surface area contributed by atoms with Gasteiger partial charge in [0.05, 0.1) is 6.20 Å². The second kappa shape index (κ2) is 5.87. The lowest BCUT2D eigenvalue weighted by atomic mass is 9.94. The van der Waals surface area contributed by atoms with Crippen molar-refractivity contribution in [3.8, 4) is 5.75 Å². The van der Waals surface area contributed by atoms with E-state index in [9.17, 15) is 5.11 Å². The summed E-state index contributed by atoms with van der Waals surface area (Å²) in [7, 11) is 0. The molecule has 2 aromatic rings. The summed E-state index contributed by atoms with van der Waals surface area (Å²) in [5.41, 5.74) is 3.34. The monoisotopic (exact) mass is 255 g/mol. The van der Waals surface area contributed by atoms with E-state index in [0.29, 0.717) is 17.6 Å². The molecule has 100 valence electrons. The highest BCUT2D eigenvalue weighted by Crippen LogP contribution is 2.27. The highest BCUT2D eigenvalue weighted by molar-refractivity contribution is 5.34. The lowest BCUT2D eigenvalue weighted by molar-refractivity contribution is 0.461. The van der Waals surface area contributed by atoms with Crippen LogP contribution in [-0.2, 0) is 6.42 Å². The van der Waals surface area contributed by atoms with Gasteiger partial charge in [-0.25, -0.2) is 0 Å². The van der Waals surface area contributed by atoms with Crippen LogP contribution in [-0.4, -0.2) is 10.1 Å². The highest BCUT2D eigenvalue weighted by Gasteiger charge is 2.11. The molecule has 0 saturated carbocycles. The number of aromatic hydroxyl groups is 1. The standard InChI is InChI=1S/C17H21NO/c1-12(2)16-10-15(18-11-17(16)19)9-13(3)14-7-5-4-6-8-14/h4-8,10-13,19H,9H2,1-3H3. The first kappa shape index (κ1) is 13.6. The van der Waals surface area contributed by atoms with Gasteiger partial charge in [-0.1, -0.05) is 51.1 Å². The average Bonchev–Trinajstić information content (AvgIpc) is 2.41. The van der Waals surface area contributed by atoms with Crippen molar-refractivity contribution < 1.29 is 5.11 Å². The van der Waals surface area contributed by atoms with Gasteiger partial charge in [0.15, 0.2) is 0 Å². The molecular weight excluding hydrogens is 234 g/mol. The number of hydrogen-bond donors (Lipinski definition) is 1. The molecule has 0 aliphatic rings. The van der Waals surface area contributed by atoms with Crippen LogP contribution in [0.1, 0.15) is 49.4 Å². The maximum atomic E-state index is 9.79. The molecule has 2 heteroatoms. The van der Waals surface area contributed by atoms with Crippen molar-refractivity contribution in [3.63, 3.8) is 0 Å². The first-order valence-electron chi connectivity index (χ1n) is 6.80. The van der Waals surface area contributed by atoms with Gasteiger partial charge in [-0.3, -0.25) is 4.98 Å². The maximum absolute atomic E-state index is 9.79. The second-order valence-corrected chi connectivity index (χ2v) is 5.41. The normalized spacial score (nSPS) is 12.6. The van der Waals surface area contributed by atoms with E-state index >= 15 is 0 Å². The SMILES string of the molecule is CC(C)c1cc(CC(C)c2ccccc2)ncc1O. The van der Waals surface area contributed by atoms with Crippen molar-refractivity contribution in [1.82, 2.24) is 4.98 Å². The molecule has 2 rings (SSSR count). The van der Waals surface area contributed by atoms with Crippen LogP contribution in [0.15, 0.2) is 42.6 Å². The van der Waals surface area contributed by atoms with E-state index in [0.717, 1.165) is 17.7 Å². The van der Waals surface area contributed by atoms with Gasteiger partial charge < -0.3 is 5.11 Å². The molecule has 0 bridgehead atoms. The molecule has 1 N–H and O–H groups in total. The number of hydrogen-bond acceptors (Lipinski definition) is 2. The molecule has 0 aliphatic heterocycles. The Hall–Kier alpha value is -1.83. The number of pyridine rings is 1. The zero-order chi connectivity index (χ0) is 13.8. The molecule has 0 spiro atoms. The largest absolute Gasteiger partial charge is 0.506 e. The van der Waals surface area contributed by atoms with Crippen LogP contribution in [0.3, 0.4) is 0 Å². The molecular formula is C17H21NO.